The van der Waals surface area contributed by atoms with Gasteiger partial charge in [-0.3, -0.25) is 4.79 Å². The van der Waals surface area contributed by atoms with Gasteiger partial charge in [-0.1, -0.05) is 40.0 Å². The van der Waals surface area contributed by atoms with Gasteiger partial charge in [-0.05, 0) is 30.2 Å². The molecular formula is C15H29F3O4S2. The summed E-state index contributed by atoms with van der Waals surface area (Å²) in [5.74, 6) is 3.96. The van der Waals surface area contributed by atoms with Gasteiger partial charge in [0.1, 0.15) is 11.5 Å². The summed E-state index contributed by atoms with van der Waals surface area (Å²) in [6, 6.07) is 0. The highest BCUT2D eigenvalue weighted by Crippen LogP contribution is 2.20. The zero-order chi connectivity index (χ0) is 19.2. The van der Waals surface area contributed by atoms with Gasteiger partial charge < -0.3 is 4.55 Å². The topological polar surface area (TPSA) is 74.3 Å². The minimum atomic E-state index is -6.09. The molecule has 0 N–H and O–H groups in total. The summed E-state index contributed by atoms with van der Waals surface area (Å²) in [6.45, 7) is 6.63. The highest BCUT2D eigenvalue weighted by Gasteiger charge is 2.36. The number of Topliss-reactive ketones (excluding diaryl/α,β-unsaturated/α-hetero) is 1. The van der Waals surface area contributed by atoms with Crippen molar-refractivity contribution in [2.24, 2.45) is 0 Å². The van der Waals surface area contributed by atoms with E-state index in [4.69, 9.17) is 13.0 Å². The maximum atomic E-state index is 11.7. The van der Waals surface area contributed by atoms with E-state index in [1.165, 1.54) is 37.2 Å². The highest BCUT2D eigenvalue weighted by molar-refractivity contribution is 7.97. The lowest BCUT2D eigenvalue weighted by Gasteiger charge is -2.08. The molecule has 0 heterocycles. The number of hydrogen-bond donors (Lipinski definition) is 0. The minimum absolute atomic E-state index is 0.393. The first-order valence-electron chi connectivity index (χ1n) is 8.17. The van der Waals surface area contributed by atoms with Gasteiger partial charge in [0, 0.05) is 6.42 Å². The molecule has 0 saturated carbocycles. The standard InChI is InChI=1S/C14H29OS.CHF3O3S/c1-4-7-10-14(15)13-16(11-8-5-2)12-9-6-3;2-1(3,4)8(5,6)7/h4-13H2,1-3H3;(H,5,6,7)/q+1;/p-1. The molecule has 24 heavy (non-hydrogen) atoms. The van der Waals surface area contributed by atoms with Gasteiger partial charge in [0.25, 0.3) is 0 Å². The van der Waals surface area contributed by atoms with Crippen molar-refractivity contribution in [2.45, 2.75) is 71.2 Å². The molecule has 0 amide bonds. The molecule has 0 atom stereocenters. The third-order valence-corrected chi connectivity index (χ3v) is 6.06. The third kappa shape index (κ3) is 15.3. The Bertz CT molecular complexity index is 415. The van der Waals surface area contributed by atoms with Gasteiger partial charge in [-0.2, -0.15) is 13.2 Å². The zero-order valence-electron chi connectivity index (χ0n) is 14.7. The lowest BCUT2D eigenvalue weighted by Crippen LogP contribution is -2.22. The molecule has 0 aliphatic carbocycles. The van der Waals surface area contributed by atoms with Crippen LogP contribution in [-0.2, 0) is 25.8 Å². The molecule has 146 valence electrons. The van der Waals surface area contributed by atoms with Crippen molar-refractivity contribution in [2.75, 3.05) is 17.3 Å². The predicted octanol–water partition coefficient (Wildman–Crippen LogP) is 4.02. The van der Waals surface area contributed by atoms with E-state index < -0.39 is 15.6 Å². The second-order valence-corrected chi connectivity index (χ2v) is 9.12. The summed E-state index contributed by atoms with van der Waals surface area (Å²) in [7, 11) is -5.70. The number of unbranched alkanes of at least 4 members (excludes halogenated alkanes) is 3. The molecular weight excluding hydrogens is 365 g/mol. The van der Waals surface area contributed by atoms with Crippen molar-refractivity contribution in [3.63, 3.8) is 0 Å². The van der Waals surface area contributed by atoms with Crippen LogP contribution in [0.1, 0.15) is 65.7 Å². The number of halogens is 3. The minimum Gasteiger partial charge on any atom is -0.741 e. The molecule has 0 spiro atoms. The van der Waals surface area contributed by atoms with E-state index in [0.29, 0.717) is 16.7 Å². The van der Waals surface area contributed by atoms with Crippen LogP contribution >= 0.6 is 0 Å². The number of carbonyl (C=O) groups excluding carboxylic acids is 1. The second-order valence-electron chi connectivity index (χ2n) is 5.41. The van der Waals surface area contributed by atoms with Gasteiger partial charge in [-0.15, -0.1) is 0 Å². The van der Waals surface area contributed by atoms with Crippen LogP contribution in [0.25, 0.3) is 0 Å². The van der Waals surface area contributed by atoms with E-state index in [1.807, 2.05) is 0 Å². The molecule has 0 saturated heterocycles. The number of hydrogen-bond acceptors (Lipinski definition) is 4. The monoisotopic (exact) mass is 394 g/mol. The summed E-state index contributed by atoms with van der Waals surface area (Å²) >= 11 is 0. The Morgan fingerprint density at radius 1 is 0.958 bits per heavy atom. The number of rotatable bonds is 11. The molecule has 0 aromatic heterocycles. The fraction of sp³-hybridized carbons (Fsp3) is 0.933. The van der Waals surface area contributed by atoms with Gasteiger partial charge >= 0.3 is 5.51 Å². The highest BCUT2D eigenvalue weighted by atomic mass is 32.2. The van der Waals surface area contributed by atoms with E-state index >= 15 is 0 Å². The van der Waals surface area contributed by atoms with Crippen molar-refractivity contribution >= 4 is 26.8 Å². The Hall–Kier alpha value is -0.280. The van der Waals surface area contributed by atoms with Gasteiger partial charge in [0.2, 0.25) is 0 Å². The normalized spacial score (nSPS) is 12.0. The second kappa shape index (κ2) is 13.9. The first kappa shape index (κ1) is 26.0. The first-order valence-corrected chi connectivity index (χ1v) is 11.3. The zero-order valence-corrected chi connectivity index (χ0v) is 16.3. The van der Waals surface area contributed by atoms with Crippen molar-refractivity contribution in [3.8, 4) is 0 Å². The Morgan fingerprint density at radius 2 is 1.33 bits per heavy atom. The van der Waals surface area contributed by atoms with Crippen LogP contribution in [-0.4, -0.2) is 41.5 Å². The lowest BCUT2D eigenvalue weighted by molar-refractivity contribution is -0.116. The smallest absolute Gasteiger partial charge is 0.485 e. The molecule has 0 aromatic carbocycles. The molecule has 0 rings (SSSR count). The van der Waals surface area contributed by atoms with Crippen molar-refractivity contribution < 1.29 is 30.9 Å². The summed E-state index contributed by atoms with van der Waals surface area (Å²) in [5, 5.41) is 0. The molecule has 0 fully saturated rings. The van der Waals surface area contributed by atoms with E-state index in [2.05, 4.69) is 20.8 Å². The lowest BCUT2D eigenvalue weighted by atomic mass is 10.2. The van der Waals surface area contributed by atoms with E-state index in [1.54, 1.807) is 0 Å². The Labute approximate surface area is 146 Å². The molecule has 0 unspecified atom stereocenters. The average molecular weight is 395 g/mol. The van der Waals surface area contributed by atoms with Crippen LogP contribution in [0, 0.1) is 0 Å². The van der Waals surface area contributed by atoms with Crippen LogP contribution < -0.4 is 0 Å². The molecule has 9 heteroatoms. The molecule has 0 bridgehead atoms. The molecule has 0 aliphatic heterocycles. The maximum absolute atomic E-state index is 11.7. The summed E-state index contributed by atoms with van der Waals surface area (Å²) < 4.78 is 58.9. The van der Waals surface area contributed by atoms with Gasteiger partial charge in [0.15, 0.2) is 21.7 Å². The van der Waals surface area contributed by atoms with Crippen LogP contribution in [0.4, 0.5) is 13.2 Å². The average Bonchev–Trinajstić information content (AvgIpc) is 2.46. The fourth-order valence-corrected chi connectivity index (χ4v) is 4.10. The molecule has 4 nitrogen and oxygen atoms in total. The number of carbonyl (C=O) groups is 1. The predicted molar refractivity (Wildman–Crippen MR) is 92.1 cm³/mol. The van der Waals surface area contributed by atoms with Crippen molar-refractivity contribution in [1.82, 2.24) is 0 Å². The Kier molecular flexibility index (Phi) is 15.1. The van der Waals surface area contributed by atoms with E-state index in [0.717, 1.165) is 25.0 Å². The maximum Gasteiger partial charge on any atom is 0.485 e. The van der Waals surface area contributed by atoms with Crippen molar-refractivity contribution in [3.05, 3.63) is 0 Å². The molecule has 0 aliphatic rings. The van der Waals surface area contributed by atoms with Crippen LogP contribution in [0.15, 0.2) is 0 Å². The summed E-state index contributed by atoms with van der Waals surface area (Å²) in [6.07, 6.45) is 8.17. The number of alkyl halides is 3. The fourth-order valence-electron chi connectivity index (χ4n) is 1.62. The Balaban J connectivity index is 0. The third-order valence-electron chi connectivity index (χ3n) is 3.03. The van der Waals surface area contributed by atoms with Crippen LogP contribution in [0.3, 0.4) is 0 Å². The first-order chi connectivity index (χ1) is 11.0. The quantitative estimate of drug-likeness (QED) is 0.301. The Morgan fingerprint density at radius 3 is 1.62 bits per heavy atom. The SMILES string of the molecule is CCCCC(=O)C[S+](CCCC)CCCC.O=S(=O)([O-])C(F)(F)F. The number of ketones is 1. The molecule has 0 aromatic rings. The van der Waals surface area contributed by atoms with E-state index in [-0.39, 0.29) is 0 Å². The largest absolute Gasteiger partial charge is 0.741 e. The van der Waals surface area contributed by atoms with Gasteiger partial charge in [-0.25, -0.2) is 8.42 Å². The van der Waals surface area contributed by atoms with Crippen LogP contribution in [0.2, 0.25) is 0 Å². The van der Waals surface area contributed by atoms with Gasteiger partial charge in [0.05, 0.1) is 0 Å². The molecule has 0 radical (unpaired) electrons. The van der Waals surface area contributed by atoms with Crippen LogP contribution in [0.5, 0.6) is 0 Å². The summed E-state index contributed by atoms with van der Waals surface area (Å²) in [5.41, 5.74) is -5.65. The summed E-state index contributed by atoms with van der Waals surface area (Å²) in [4.78, 5) is 11.7. The van der Waals surface area contributed by atoms with E-state index in [9.17, 15) is 18.0 Å². The van der Waals surface area contributed by atoms with Crippen molar-refractivity contribution in [1.29, 1.82) is 0 Å².